The first-order valence-corrected chi connectivity index (χ1v) is 7.82. The van der Waals surface area contributed by atoms with Crippen molar-refractivity contribution in [2.75, 3.05) is 19.6 Å². The summed E-state index contributed by atoms with van der Waals surface area (Å²) in [6, 6.07) is 8.03. The van der Waals surface area contributed by atoms with Gasteiger partial charge in [-0.15, -0.1) is 0 Å². The van der Waals surface area contributed by atoms with Crippen molar-refractivity contribution in [3.8, 4) is 0 Å². The zero-order valence-corrected chi connectivity index (χ0v) is 12.8. The van der Waals surface area contributed by atoms with Crippen molar-refractivity contribution in [3.63, 3.8) is 0 Å². The monoisotopic (exact) mass is 294 g/mol. The summed E-state index contributed by atoms with van der Waals surface area (Å²) < 4.78 is 0. The molecular weight excluding hydrogens is 272 g/mol. The molecule has 0 saturated carbocycles. The average molecular weight is 295 g/mol. The Kier molecular flexibility index (Phi) is 5.86. The first-order chi connectivity index (χ1) is 9.69. The zero-order chi connectivity index (χ0) is 14.4. The van der Waals surface area contributed by atoms with Gasteiger partial charge in [0, 0.05) is 24.2 Å². The van der Waals surface area contributed by atoms with Gasteiger partial charge in [-0.1, -0.05) is 30.7 Å². The molecule has 110 valence electrons. The number of hydrogen-bond donors (Lipinski definition) is 1. The van der Waals surface area contributed by atoms with Crippen LogP contribution in [0.2, 0.25) is 5.02 Å². The Labute approximate surface area is 126 Å². The van der Waals surface area contributed by atoms with E-state index in [1.54, 1.807) is 0 Å². The molecule has 0 aromatic heterocycles. The van der Waals surface area contributed by atoms with E-state index in [-0.39, 0.29) is 5.91 Å². The van der Waals surface area contributed by atoms with Crippen molar-refractivity contribution in [3.05, 3.63) is 34.9 Å². The normalized spacial score (nSPS) is 18.2. The highest BCUT2D eigenvalue weighted by atomic mass is 35.5. The molecule has 0 spiro atoms. The van der Waals surface area contributed by atoms with Crippen LogP contribution in [0, 0.1) is 0 Å². The highest BCUT2D eigenvalue weighted by Crippen LogP contribution is 2.13. The Morgan fingerprint density at radius 2 is 2.35 bits per heavy atom. The third-order valence-corrected chi connectivity index (χ3v) is 3.93. The van der Waals surface area contributed by atoms with E-state index in [9.17, 15) is 4.79 Å². The molecule has 20 heavy (non-hydrogen) atoms. The molecule has 1 atom stereocenters. The summed E-state index contributed by atoms with van der Waals surface area (Å²) in [4.78, 5) is 14.4. The molecule has 1 heterocycles. The lowest BCUT2D eigenvalue weighted by Gasteiger charge is -2.25. The van der Waals surface area contributed by atoms with Crippen molar-refractivity contribution in [2.24, 2.45) is 0 Å². The number of benzene rings is 1. The van der Waals surface area contributed by atoms with Gasteiger partial charge in [0.2, 0.25) is 5.91 Å². The summed E-state index contributed by atoms with van der Waals surface area (Å²) in [5.41, 5.74) is 0.989. The topological polar surface area (TPSA) is 32.3 Å². The van der Waals surface area contributed by atoms with Gasteiger partial charge in [0.25, 0.3) is 0 Å². The fourth-order valence-electron chi connectivity index (χ4n) is 2.70. The fourth-order valence-corrected chi connectivity index (χ4v) is 2.91. The van der Waals surface area contributed by atoms with Crippen molar-refractivity contribution >= 4 is 17.5 Å². The lowest BCUT2D eigenvalue weighted by molar-refractivity contribution is -0.130. The van der Waals surface area contributed by atoms with Gasteiger partial charge in [0.05, 0.1) is 6.42 Å². The molecule has 2 rings (SSSR count). The molecule has 1 fully saturated rings. The van der Waals surface area contributed by atoms with Crippen LogP contribution in [0.5, 0.6) is 0 Å². The summed E-state index contributed by atoms with van der Waals surface area (Å²) >= 11 is 5.97. The van der Waals surface area contributed by atoms with E-state index in [0.717, 1.165) is 31.6 Å². The molecule has 0 aliphatic carbocycles. The van der Waals surface area contributed by atoms with Crippen LogP contribution < -0.4 is 5.32 Å². The van der Waals surface area contributed by atoms with Gasteiger partial charge in [-0.3, -0.25) is 4.79 Å². The van der Waals surface area contributed by atoms with E-state index in [1.165, 1.54) is 12.8 Å². The van der Waals surface area contributed by atoms with Crippen LogP contribution in [-0.2, 0) is 11.2 Å². The quantitative estimate of drug-likeness (QED) is 0.875. The summed E-state index contributed by atoms with van der Waals surface area (Å²) in [5.74, 6) is 0.197. The van der Waals surface area contributed by atoms with Gasteiger partial charge >= 0.3 is 0 Å². The number of halogens is 1. The Morgan fingerprint density at radius 1 is 1.50 bits per heavy atom. The second kappa shape index (κ2) is 7.65. The van der Waals surface area contributed by atoms with Crippen molar-refractivity contribution in [1.29, 1.82) is 0 Å². The Morgan fingerprint density at radius 3 is 3.00 bits per heavy atom. The maximum atomic E-state index is 12.5. The first kappa shape index (κ1) is 15.3. The van der Waals surface area contributed by atoms with Crippen LogP contribution in [0.4, 0.5) is 0 Å². The summed E-state index contributed by atoms with van der Waals surface area (Å²) in [5, 5.41) is 4.15. The van der Waals surface area contributed by atoms with E-state index in [1.807, 2.05) is 29.2 Å². The summed E-state index contributed by atoms with van der Waals surface area (Å²) in [6.07, 6.45) is 3.82. The van der Waals surface area contributed by atoms with Crippen molar-refractivity contribution in [1.82, 2.24) is 10.2 Å². The minimum absolute atomic E-state index is 0.197. The van der Waals surface area contributed by atoms with Gasteiger partial charge in [-0.05, 0) is 43.5 Å². The molecule has 1 aromatic carbocycles. The lowest BCUT2D eigenvalue weighted by Crippen LogP contribution is -2.42. The molecule has 1 saturated heterocycles. The van der Waals surface area contributed by atoms with Crippen LogP contribution in [0.3, 0.4) is 0 Å². The second-order valence-electron chi connectivity index (χ2n) is 5.44. The van der Waals surface area contributed by atoms with Crippen LogP contribution in [0.25, 0.3) is 0 Å². The van der Waals surface area contributed by atoms with Gasteiger partial charge in [0.15, 0.2) is 0 Å². The highest BCUT2D eigenvalue weighted by molar-refractivity contribution is 6.30. The molecule has 3 nitrogen and oxygen atoms in total. The van der Waals surface area contributed by atoms with Gasteiger partial charge in [-0.25, -0.2) is 0 Å². The predicted molar refractivity (Wildman–Crippen MR) is 83.1 cm³/mol. The molecular formula is C16H23ClN2O. The largest absolute Gasteiger partial charge is 0.341 e. The maximum absolute atomic E-state index is 12.5. The molecule has 0 bridgehead atoms. The fraction of sp³-hybridized carbons (Fsp3) is 0.562. The van der Waals surface area contributed by atoms with E-state index in [0.29, 0.717) is 17.5 Å². The summed E-state index contributed by atoms with van der Waals surface area (Å²) in [7, 11) is 0. The van der Waals surface area contributed by atoms with Crippen LogP contribution in [0.1, 0.15) is 31.7 Å². The molecule has 1 unspecified atom stereocenters. The minimum Gasteiger partial charge on any atom is -0.341 e. The zero-order valence-electron chi connectivity index (χ0n) is 12.1. The number of carbonyl (C=O) groups excluding carboxylic acids is 1. The first-order valence-electron chi connectivity index (χ1n) is 7.44. The van der Waals surface area contributed by atoms with Gasteiger partial charge in [-0.2, -0.15) is 0 Å². The van der Waals surface area contributed by atoms with Gasteiger partial charge < -0.3 is 10.2 Å². The lowest BCUT2D eigenvalue weighted by atomic mass is 10.1. The highest BCUT2D eigenvalue weighted by Gasteiger charge is 2.21. The smallest absolute Gasteiger partial charge is 0.227 e. The molecule has 1 aromatic rings. The molecule has 1 aliphatic heterocycles. The Hall–Kier alpha value is -1.06. The molecule has 0 radical (unpaired) electrons. The number of nitrogens with one attached hydrogen (secondary N) is 1. The second-order valence-corrected chi connectivity index (χ2v) is 5.88. The molecule has 1 aliphatic rings. The SMILES string of the molecule is CCCN(CC1CCCN1)C(=O)Cc1cccc(Cl)c1. The minimum atomic E-state index is 0.197. The van der Waals surface area contributed by atoms with Crippen LogP contribution >= 0.6 is 11.6 Å². The number of carbonyl (C=O) groups is 1. The van der Waals surface area contributed by atoms with E-state index >= 15 is 0 Å². The molecule has 1 N–H and O–H groups in total. The van der Waals surface area contributed by atoms with Crippen molar-refractivity contribution in [2.45, 2.75) is 38.6 Å². The number of nitrogens with zero attached hydrogens (tertiary/aromatic N) is 1. The van der Waals surface area contributed by atoms with Crippen LogP contribution in [0.15, 0.2) is 24.3 Å². The Balaban J connectivity index is 1.95. The predicted octanol–water partition coefficient (Wildman–Crippen LogP) is 2.87. The third-order valence-electron chi connectivity index (χ3n) is 3.69. The standard InChI is InChI=1S/C16H23ClN2O/c1-2-9-19(12-15-7-4-8-18-15)16(20)11-13-5-3-6-14(17)10-13/h3,5-6,10,15,18H,2,4,7-9,11-12H2,1H3. The number of hydrogen-bond acceptors (Lipinski definition) is 2. The van der Waals surface area contributed by atoms with E-state index < -0.39 is 0 Å². The maximum Gasteiger partial charge on any atom is 0.227 e. The van der Waals surface area contributed by atoms with E-state index in [4.69, 9.17) is 11.6 Å². The van der Waals surface area contributed by atoms with E-state index in [2.05, 4.69) is 12.2 Å². The van der Waals surface area contributed by atoms with Gasteiger partial charge in [0.1, 0.15) is 0 Å². The summed E-state index contributed by atoms with van der Waals surface area (Å²) in [6.45, 7) is 4.85. The molecule has 1 amide bonds. The number of amides is 1. The van der Waals surface area contributed by atoms with Crippen molar-refractivity contribution < 1.29 is 4.79 Å². The van der Waals surface area contributed by atoms with Crippen LogP contribution in [-0.4, -0.2) is 36.5 Å². The molecule has 4 heteroatoms. The Bertz CT molecular complexity index is 444. The number of rotatable bonds is 6. The average Bonchev–Trinajstić information content (AvgIpc) is 2.91. The third kappa shape index (κ3) is 4.50.